The Hall–Kier alpha value is -2.60. The number of carbonyl (C=O) groups excluding carboxylic acids is 1. The lowest BCUT2D eigenvalue weighted by atomic mass is 10.0. The summed E-state index contributed by atoms with van der Waals surface area (Å²) in [7, 11) is 0. The summed E-state index contributed by atoms with van der Waals surface area (Å²) in [6, 6.07) is 3.25. The second-order valence-corrected chi connectivity index (χ2v) is 6.08. The van der Waals surface area contributed by atoms with Crippen molar-refractivity contribution in [1.82, 2.24) is 5.32 Å². The van der Waals surface area contributed by atoms with Crippen LogP contribution in [0, 0.1) is 13.8 Å². The smallest absolute Gasteiger partial charge is 0.340 e. The van der Waals surface area contributed by atoms with Crippen LogP contribution >= 0.6 is 0 Å². The highest BCUT2D eigenvalue weighted by Crippen LogP contribution is 2.28. The van der Waals surface area contributed by atoms with Crippen LogP contribution in [0.15, 0.2) is 32.0 Å². The molecule has 6 nitrogen and oxygen atoms in total. The van der Waals surface area contributed by atoms with Crippen LogP contribution < -0.4 is 10.9 Å². The van der Waals surface area contributed by atoms with Crippen molar-refractivity contribution in [1.29, 1.82) is 0 Å². The minimum Gasteiger partial charge on any atom is -0.464 e. The second-order valence-electron chi connectivity index (χ2n) is 6.08. The number of amides is 1. The van der Waals surface area contributed by atoms with E-state index in [1.54, 1.807) is 26.2 Å². The van der Waals surface area contributed by atoms with Crippen LogP contribution in [0.4, 0.5) is 0 Å². The molecule has 2 aromatic heterocycles. The Morgan fingerprint density at radius 1 is 1.25 bits per heavy atom. The van der Waals surface area contributed by atoms with Crippen LogP contribution in [-0.2, 0) is 11.2 Å². The van der Waals surface area contributed by atoms with E-state index in [2.05, 4.69) is 5.32 Å². The molecule has 126 valence electrons. The maximum Gasteiger partial charge on any atom is 0.340 e. The summed E-state index contributed by atoms with van der Waals surface area (Å²) >= 11 is 0. The van der Waals surface area contributed by atoms with Crippen LogP contribution in [0.3, 0.4) is 0 Å². The topological polar surface area (TPSA) is 92.7 Å². The molecule has 0 spiro atoms. The van der Waals surface area contributed by atoms with Gasteiger partial charge in [-0.3, -0.25) is 4.79 Å². The third-order valence-electron chi connectivity index (χ3n) is 4.19. The molecule has 1 aromatic carbocycles. The fourth-order valence-corrected chi connectivity index (χ4v) is 2.77. The molecule has 0 fully saturated rings. The monoisotopic (exact) mass is 329 g/mol. The Bertz CT molecular complexity index is 982. The molecule has 0 aliphatic carbocycles. The molecular formula is C18H19NO5. The summed E-state index contributed by atoms with van der Waals surface area (Å²) in [5.41, 5.74) is 2.60. The van der Waals surface area contributed by atoms with E-state index < -0.39 is 5.63 Å². The van der Waals surface area contributed by atoms with Crippen LogP contribution in [0.1, 0.15) is 23.6 Å². The maximum atomic E-state index is 12.3. The van der Waals surface area contributed by atoms with E-state index in [0.717, 1.165) is 21.9 Å². The lowest BCUT2D eigenvalue weighted by molar-refractivity contribution is -0.121. The largest absolute Gasteiger partial charge is 0.464 e. The lowest BCUT2D eigenvalue weighted by Gasteiger charge is -2.12. The molecule has 0 radical (unpaired) electrons. The molecule has 0 aliphatic rings. The molecular weight excluding hydrogens is 310 g/mol. The number of aliphatic hydroxyl groups excluding tert-OH is 1. The zero-order valence-corrected chi connectivity index (χ0v) is 13.8. The molecule has 0 saturated carbocycles. The summed E-state index contributed by atoms with van der Waals surface area (Å²) in [6.45, 7) is 5.27. The molecule has 0 bridgehead atoms. The van der Waals surface area contributed by atoms with E-state index >= 15 is 0 Å². The van der Waals surface area contributed by atoms with Crippen LogP contribution in [-0.4, -0.2) is 23.7 Å². The molecule has 3 aromatic rings. The molecule has 0 unspecified atom stereocenters. The van der Waals surface area contributed by atoms with E-state index in [1.807, 2.05) is 13.0 Å². The number of hydrogen-bond donors (Lipinski definition) is 2. The highest BCUT2D eigenvalue weighted by Gasteiger charge is 2.17. The summed E-state index contributed by atoms with van der Waals surface area (Å²) in [5.74, 6) is -0.327. The highest BCUT2D eigenvalue weighted by molar-refractivity contribution is 5.96. The molecule has 2 N–H and O–H groups in total. The van der Waals surface area contributed by atoms with Crippen molar-refractivity contribution in [3.63, 3.8) is 0 Å². The van der Waals surface area contributed by atoms with Gasteiger partial charge in [-0.15, -0.1) is 0 Å². The third kappa shape index (κ3) is 2.80. The Labute approximate surface area is 138 Å². The maximum absolute atomic E-state index is 12.3. The number of rotatable bonds is 4. The van der Waals surface area contributed by atoms with Crippen molar-refractivity contribution >= 4 is 27.8 Å². The normalized spacial score (nSPS) is 12.7. The van der Waals surface area contributed by atoms with Gasteiger partial charge < -0.3 is 19.3 Å². The number of fused-ring (bicyclic) bond motifs is 2. The fraction of sp³-hybridized carbons (Fsp3) is 0.333. The predicted octanol–water partition coefficient (Wildman–Crippen LogP) is 2.20. The first kappa shape index (κ1) is 16.3. The van der Waals surface area contributed by atoms with Crippen molar-refractivity contribution in [2.45, 2.75) is 33.2 Å². The van der Waals surface area contributed by atoms with E-state index in [9.17, 15) is 9.59 Å². The molecule has 24 heavy (non-hydrogen) atoms. The standard InChI is InChI=1S/C18H19NO5/c1-9-8-23-15-6-16-13(4-12(9)15)11(3)14(18(22)24-16)5-17(21)19-10(2)7-20/h4,6,8,10,20H,5,7H2,1-3H3,(H,19,21)/t10-/m0/s1. The van der Waals surface area contributed by atoms with Gasteiger partial charge in [-0.2, -0.15) is 0 Å². The molecule has 6 heteroatoms. The zero-order valence-electron chi connectivity index (χ0n) is 13.8. The molecule has 2 heterocycles. The SMILES string of the molecule is Cc1coc2cc3oc(=O)c(CC(=O)N[C@@H](C)CO)c(C)c3cc12. The van der Waals surface area contributed by atoms with Gasteiger partial charge in [0.1, 0.15) is 11.2 Å². The van der Waals surface area contributed by atoms with Gasteiger partial charge in [-0.1, -0.05) is 0 Å². The first-order chi connectivity index (χ1) is 11.4. The van der Waals surface area contributed by atoms with Gasteiger partial charge in [0.15, 0.2) is 0 Å². The summed E-state index contributed by atoms with van der Waals surface area (Å²) < 4.78 is 10.8. The third-order valence-corrected chi connectivity index (χ3v) is 4.19. The molecule has 1 atom stereocenters. The van der Waals surface area contributed by atoms with Gasteiger partial charge in [0.2, 0.25) is 5.91 Å². The van der Waals surface area contributed by atoms with E-state index in [-0.39, 0.29) is 25.0 Å². The number of carbonyl (C=O) groups is 1. The van der Waals surface area contributed by atoms with Crippen LogP contribution in [0.25, 0.3) is 21.9 Å². The Morgan fingerprint density at radius 3 is 2.71 bits per heavy atom. The van der Waals surface area contributed by atoms with Gasteiger partial charge in [-0.25, -0.2) is 4.79 Å². The minimum absolute atomic E-state index is 0.0865. The lowest BCUT2D eigenvalue weighted by Crippen LogP contribution is -2.37. The Kier molecular flexibility index (Phi) is 4.15. The van der Waals surface area contributed by atoms with E-state index in [0.29, 0.717) is 16.7 Å². The molecule has 0 aliphatic heterocycles. The van der Waals surface area contributed by atoms with E-state index in [4.69, 9.17) is 13.9 Å². The van der Waals surface area contributed by atoms with Gasteiger partial charge in [0.25, 0.3) is 0 Å². The average Bonchev–Trinajstić information content (AvgIpc) is 2.90. The summed E-state index contributed by atoms with van der Waals surface area (Å²) in [4.78, 5) is 24.3. The minimum atomic E-state index is -0.533. The number of benzene rings is 1. The van der Waals surface area contributed by atoms with Crippen molar-refractivity contribution in [2.24, 2.45) is 0 Å². The van der Waals surface area contributed by atoms with Crippen molar-refractivity contribution < 1.29 is 18.7 Å². The molecule has 3 rings (SSSR count). The second kappa shape index (κ2) is 6.13. The van der Waals surface area contributed by atoms with Crippen molar-refractivity contribution in [3.8, 4) is 0 Å². The number of hydrogen-bond acceptors (Lipinski definition) is 5. The Balaban J connectivity index is 2.08. The average molecular weight is 329 g/mol. The quantitative estimate of drug-likeness (QED) is 0.716. The number of furan rings is 1. The van der Waals surface area contributed by atoms with Crippen LogP contribution in [0.2, 0.25) is 0 Å². The summed E-state index contributed by atoms with van der Waals surface area (Å²) in [6.07, 6.45) is 1.57. The van der Waals surface area contributed by atoms with Crippen molar-refractivity contribution in [2.75, 3.05) is 6.61 Å². The first-order valence-electron chi connectivity index (χ1n) is 7.75. The molecule has 1 amide bonds. The van der Waals surface area contributed by atoms with Gasteiger partial charge in [0.05, 0.1) is 24.9 Å². The fourth-order valence-electron chi connectivity index (χ4n) is 2.77. The van der Waals surface area contributed by atoms with Gasteiger partial charge >= 0.3 is 5.63 Å². The number of nitrogens with one attached hydrogen (secondary N) is 1. The Morgan fingerprint density at radius 2 is 2.00 bits per heavy atom. The van der Waals surface area contributed by atoms with Gasteiger partial charge in [0, 0.05) is 22.9 Å². The molecule has 0 saturated heterocycles. The zero-order chi connectivity index (χ0) is 17.4. The van der Waals surface area contributed by atoms with Crippen LogP contribution in [0.5, 0.6) is 0 Å². The van der Waals surface area contributed by atoms with E-state index in [1.165, 1.54) is 0 Å². The highest BCUT2D eigenvalue weighted by atomic mass is 16.4. The number of aryl methyl sites for hydroxylation is 2. The predicted molar refractivity (Wildman–Crippen MR) is 90.1 cm³/mol. The first-order valence-corrected chi connectivity index (χ1v) is 7.75. The summed E-state index contributed by atoms with van der Waals surface area (Å²) in [5, 5.41) is 13.4. The van der Waals surface area contributed by atoms with Crippen molar-refractivity contribution in [3.05, 3.63) is 45.5 Å². The number of aliphatic hydroxyl groups is 1. The van der Waals surface area contributed by atoms with Gasteiger partial charge in [-0.05, 0) is 38.0 Å².